The van der Waals surface area contributed by atoms with Gasteiger partial charge in [0.05, 0.1) is 12.2 Å². The van der Waals surface area contributed by atoms with E-state index in [9.17, 15) is 5.11 Å². The molecule has 0 heterocycles. The van der Waals surface area contributed by atoms with Gasteiger partial charge < -0.3 is 15.6 Å². The van der Waals surface area contributed by atoms with Crippen LogP contribution in [0.1, 0.15) is 11.1 Å². The van der Waals surface area contributed by atoms with E-state index in [1.54, 1.807) is 24.3 Å². The zero-order chi connectivity index (χ0) is 13.8. The Morgan fingerprint density at radius 2 is 1.95 bits per heavy atom. The van der Waals surface area contributed by atoms with Crippen molar-refractivity contribution < 1.29 is 9.84 Å². The van der Waals surface area contributed by atoms with Gasteiger partial charge in [-0.15, -0.1) is 0 Å². The summed E-state index contributed by atoms with van der Waals surface area (Å²) in [5, 5.41) is 9.29. The maximum atomic E-state index is 9.29. The van der Waals surface area contributed by atoms with Gasteiger partial charge in [-0.25, -0.2) is 0 Å². The van der Waals surface area contributed by atoms with Crippen molar-refractivity contribution >= 4 is 33.1 Å². The molecular weight excluding hydrogens is 326 g/mol. The van der Waals surface area contributed by atoms with Crippen LogP contribution in [-0.2, 0) is 6.61 Å². The van der Waals surface area contributed by atoms with Crippen molar-refractivity contribution in [2.75, 3.05) is 0 Å². The van der Waals surface area contributed by atoms with Gasteiger partial charge in [0.15, 0.2) is 0 Å². The number of hydrogen-bond acceptors (Lipinski definition) is 3. The quantitative estimate of drug-likeness (QED) is 0.840. The molecule has 0 aliphatic rings. The van der Waals surface area contributed by atoms with Crippen molar-refractivity contribution in [1.29, 1.82) is 0 Å². The number of para-hydroxylation sites is 1. The van der Waals surface area contributed by atoms with Crippen LogP contribution in [0.4, 0.5) is 0 Å². The van der Waals surface area contributed by atoms with E-state index in [1.807, 2.05) is 18.2 Å². The van der Waals surface area contributed by atoms with E-state index in [-0.39, 0.29) is 11.6 Å². The first-order chi connectivity index (χ1) is 9.11. The number of aliphatic hydroxyl groups is 1. The molecule has 2 rings (SSSR count). The fourth-order valence-corrected chi connectivity index (χ4v) is 2.15. The summed E-state index contributed by atoms with van der Waals surface area (Å²) in [6.07, 6.45) is 0. The molecule has 98 valence electrons. The molecule has 0 radical (unpaired) electrons. The Morgan fingerprint density at radius 1 is 1.21 bits per heavy atom. The van der Waals surface area contributed by atoms with Crippen LogP contribution in [0.15, 0.2) is 46.9 Å². The van der Waals surface area contributed by atoms with Crippen molar-refractivity contribution in [1.82, 2.24) is 0 Å². The molecule has 0 unspecified atom stereocenters. The summed E-state index contributed by atoms with van der Waals surface area (Å²) in [6, 6.07) is 12.7. The number of benzene rings is 2. The van der Waals surface area contributed by atoms with Crippen LogP contribution in [-0.4, -0.2) is 10.1 Å². The zero-order valence-corrected chi connectivity index (χ0v) is 12.4. The predicted molar refractivity (Wildman–Crippen MR) is 82.5 cm³/mol. The average molecular weight is 338 g/mol. The van der Waals surface area contributed by atoms with E-state index >= 15 is 0 Å². The summed E-state index contributed by atoms with van der Waals surface area (Å²) < 4.78 is 6.68. The lowest BCUT2D eigenvalue weighted by atomic mass is 10.2. The standard InChI is InChI=1S/C14H12BrNO2S/c15-10-5-6-11(14(16)19)13(7-10)18-12-4-2-1-3-9(12)8-17/h1-7,17H,8H2,(H2,16,19). The molecule has 0 aromatic heterocycles. The van der Waals surface area contributed by atoms with Crippen LogP contribution in [0.5, 0.6) is 11.5 Å². The van der Waals surface area contributed by atoms with Gasteiger partial charge in [-0.1, -0.05) is 46.3 Å². The first kappa shape index (κ1) is 14.0. The number of thiocarbonyl (C=S) groups is 1. The lowest BCUT2D eigenvalue weighted by molar-refractivity contribution is 0.276. The van der Waals surface area contributed by atoms with E-state index < -0.39 is 0 Å². The first-order valence-corrected chi connectivity index (χ1v) is 6.78. The highest BCUT2D eigenvalue weighted by atomic mass is 79.9. The molecule has 5 heteroatoms. The fourth-order valence-electron chi connectivity index (χ4n) is 1.64. The van der Waals surface area contributed by atoms with Crippen LogP contribution >= 0.6 is 28.1 Å². The third-order valence-corrected chi connectivity index (χ3v) is 3.29. The number of rotatable bonds is 4. The van der Waals surface area contributed by atoms with Crippen molar-refractivity contribution in [2.24, 2.45) is 5.73 Å². The summed E-state index contributed by atoms with van der Waals surface area (Å²) in [4.78, 5) is 0.268. The Bertz CT molecular complexity index is 616. The van der Waals surface area contributed by atoms with Crippen LogP contribution in [0.25, 0.3) is 0 Å². The molecule has 0 atom stereocenters. The van der Waals surface area contributed by atoms with Gasteiger partial charge in [-0.2, -0.15) is 0 Å². The van der Waals surface area contributed by atoms with E-state index in [1.165, 1.54) is 0 Å². The minimum Gasteiger partial charge on any atom is -0.456 e. The minimum atomic E-state index is -0.0907. The lowest BCUT2D eigenvalue weighted by Gasteiger charge is -2.13. The Labute approximate surface area is 125 Å². The van der Waals surface area contributed by atoms with Crippen LogP contribution in [0, 0.1) is 0 Å². The Hall–Kier alpha value is -1.43. The fraction of sp³-hybridized carbons (Fsp3) is 0.0714. The molecular formula is C14H12BrNO2S. The third-order valence-electron chi connectivity index (χ3n) is 2.57. The summed E-state index contributed by atoms with van der Waals surface area (Å²) in [5.41, 5.74) is 7.04. The smallest absolute Gasteiger partial charge is 0.138 e. The predicted octanol–water partition coefficient (Wildman–Crippen LogP) is 3.37. The van der Waals surface area contributed by atoms with Gasteiger partial charge in [0, 0.05) is 10.0 Å². The Balaban J connectivity index is 2.42. The van der Waals surface area contributed by atoms with Crippen LogP contribution in [0.2, 0.25) is 0 Å². The maximum Gasteiger partial charge on any atom is 0.138 e. The van der Waals surface area contributed by atoms with Gasteiger partial charge >= 0.3 is 0 Å². The van der Waals surface area contributed by atoms with Gasteiger partial charge in [-0.3, -0.25) is 0 Å². The Morgan fingerprint density at radius 3 is 2.63 bits per heavy atom. The normalized spacial score (nSPS) is 10.2. The SMILES string of the molecule is NC(=S)c1ccc(Br)cc1Oc1ccccc1CO. The molecule has 0 spiro atoms. The molecule has 3 N–H and O–H groups in total. The molecule has 0 fully saturated rings. The third kappa shape index (κ3) is 3.32. The first-order valence-electron chi connectivity index (χ1n) is 5.58. The number of hydrogen-bond donors (Lipinski definition) is 2. The topological polar surface area (TPSA) is 55.5 Å². The van der Waals surface area contributed by atoms with E-state index in [0.29, 0.717) is 22.6 Å². The molecule has 19 heavy (non-hydrogen) atoms. The molecule has 2 aromatic rings. The second kappa shape index (κ2) is 6.14. The molecule has 0 saturated heterocycles. The highest BCUT2D eigenvalue weighted by Crippen LogP contribution is 2.30. The number of halogens is 1. The summed E-state index contributed by atoms with van der Waals surface area (Å²) in [7, 11) is 0. The lowest BCUT2D eigenvalue weighted by Crippen LogP contribution is -2.10. The molecule has 0 amide bonds. The number of nitrogens with two attached hydrogens (primary N) is 1. The van der Waals surface area contributed by atoms with Gasteiger partial charge in [0.2, 0.25) is 0 Å². The number of aliphatic hydroxyl groups excluding tert-OH is 1. The monoisotopic (exact) mass is 337 g/mol. The number of ether oxygens (including phenoxy) is 1. The van der Waals surface area contributed by atoms with E-state index in [2.05, 4.69) is 15.9 Å². The second-order valence-corrected chi connectivity index (χ2v) is 5.23. The van der Waals surface area contributed by atoms with Crippen molar-refractivity contribution in [3.8, 4) is 11.5 Å². The molecule has 0 aliphatic carbocycles. The van der Waals surface area contributed by atoms with Gasteiger partial charge in [0.1, 0.15) is 16.5 Å². The van der Waals surface area contributed by atoms with Crippen LogP contribution < -0.4 is 10.5 Å². The van der Waals surface area contributed by atoms with E-state index in [0.717, 1.165) is 4.47 Å². The van der Waals surface area contributed by atoms with Gasteiger partial charge in [0.25, 0.3) is 0 Å². The molecule has 0 saturated carbocycles. The largest absolute Gasteiger partial charge is 0.456 e. The molecule has 0 bridgehead atoms. The molecule has 3 nitrogen and oxygen atoms in total. The molecule has 0 aliphatic heterocycles. The minimum absolute atomic E-state index is 0.0907. The van der Waals surface area contributed by atoms with Crippen LogP contribution in [0.3, 0.4) is 0 Å². The highest BCUT2D eigenvalue weighted by Gasteiger charge is 2.10. The summed E-state index contributed by atoms with van der Waals surface area (Å²) in [6.45, 7) is -0.0907. The second-order valence-electron chi connectivity index (χ2n) is 3.87. The molecule has 2 aromatic carbocycles. The van der Waals surface area contributed by atoms with Crippen molar-refractivity contribution in [2.45, 2.75) is 6.61 Å². The highest BCUT2D eigenvalue weighted by molar-refractivity contribution is 9.10. The zero-order valence-electron chi connectivity index (χ0n) is 9.97. The van der Waals surface area contributed by atoms with Crippen molar-refractivity contribution in [3.05, 3.63) is 58.1 Å². The maximum absolute atomic E-state index is 9.29. The average Bonchev–Trinajstić information content (AvgIpc) is 2.39. The summed E-state index contributed by atoms with van der Waals surface area (Å²) >= 11 is 8.38. The van der Waals surface area contributed by atoms with Crippen molar-refractivity contribution in [3.63, 3.8) is 0 Å². The van der Waals surface area contributed by atoms with E-state index in [4.69, 9.17) is 22.7 Å². The Kier molecular flexibility index (Phi) is 4.52. The van der Waals surface area contributed by atoms with Gasteiger partial charge in [-0.05, 0) is 24.3 Å². The summed E-state index contributed by atoms with van der Waals surface area (Å²) in [5.74, 6) is 1.14.